The van der Waals surface area contributed by atoms with Crippen LogP contribution in [0.1, 0.15) is 5.56 Å². The second kappa shape index (κ2) is 6.83. The first-order chi connectivity index (χ1) is 13.3. The molecule has 0 radical (unpaired) electrons. The Kier molecular flexibility index (Phi) is 4.19. The standard InChI is InChI=1S/C22H15BrN2OS/c23-17-9-5-15(6-10-17)13-26-18-11-7-16(8-12-18)21-14-27-22-24-19-3-1-2-4-20(19)25(21)22/h1-12,14H,13H2. The van der Waals surface area contributed by atoms with Crippen LogP contribution in [0, 0.1) is 0 Å². The van der Waals surface area contributed by atoms with Gasteiger partial charge in [0.15, 0.2) is 4.96 Å². The van der Waals surface area contributed by atoms with Crippen molar-refractivity contribution >= 4 is 43.3 Å². The highest BCUT2D eigenvalue weighted by Gasteiger charge is 2.11. The van der Waals surface area contributed by atoms with Gasteiger partial charge in [-0.3, -0.25) is 4.40 Å². The van der Waals surface area contributed by atoms with Crippen molar-refractivity contribution in [1.29, 1.82) is 0 Å². The van der Waals surface area contributed by atoms with E-state index >= 15 is 0 Å². The van der Waals surface area contributed by atoms with E-state index in [1.54, 1.807) is 11.3 Å². The van der Waals surface area contributed by atoms with E-state index in [0.29, 0.717) is 6.61 Å². The monoisotopic (exact) mass is 434 g/mol. The molecule has 0 aliphatic carbocycles. The highest BCUT2D eigenvalue weighted by Crippen LogP contribution is 2.31. The molecule has 5 rings (SSSR count). The van der Waals surface area contributed by atoms with Crippen LogP contribution in [0.25, 0.3) is 27.3 Å². The van der Waals surface area contributed by atoms with Crippen LogP contribution in [-0.4, -0.2) is 9.38 Å². The molecule has 5 heteroatoms. The fourth-order valence-corrected chi connectivity index (χ4v) is 4.32. The van der Waals surface area contributed by atoms with Gasteiger partial charge in [0.25, 0.3) is 0 Å². The quantitative estimate of drug-likeness (QED) is 0.320. The number of halogens is 1. The number of aromatic nitrogens is 2. The number of nitrogens with zero attached hydrogens (tertiary/aromatic N) is 2. The van der Waals surface area contributed by atoms with Crippen LogP contribution in [0.5, 0.6) is 5.75 Å². The minimum atomic E-state index is 0.557. The lowest BCUT2D eigenvalue weighted by molar-refractivity contribution is 0.306. The Morgan fingerprint density at radius 2 is 1.70 bits per heavy atom. The van der Waals surface area contributed by atoms with Gasteiger partial charge in [0.2, 0.25) is 0 Å². The second-order valence-corrected chi connectivity index (χ2v) is 8.03. The van der Waals surface area contributed by atoms with Crippen LogP contribution in [0.3, 0.4) is 0 Å². The van der Waals surface area contributed by atoms with Crippen molar-refractivity contribution in [2.24, 2.45) is 0 Å². The van der Waals surface area contributed by atoms with E-state index in [4.69, 9.17) is 9.72 Å². The summed E-state index contributed by atoms with van der Waals surface area (Å²) in [5.74, 6) is 0.864. The van der Waals surface area contributed by atoms with Crippen molar-refractivity contribution in [3.05, 3.63) is 88.2 Å². The molecule has 5 aromatic rings. The number of para-hydroxylation sites is 2. The lowest BCUT2D eigenvalue weighted by atomic mass is 10.1. The smallest absolute Gasteiger partial charge is 0.195 e. The summed E-state index contributed by atoms with van der Waals surface area (Å²) in [6.45, 7) is 0.557. The van der Waals surface area contributed by atoms with Crippen molar-refractivity contribution in [2.45, 2.75) is 6.61 Å². The molecular weight excluding hydrogens is 420 g/mol. The summed E-state index contributed by atoms with van der Waals surface area (Å²) in [5.41, 5.74) is 5.62. The molecule has 0 spiro atoms. The number of benzene rings is 3. The van der Waals surface area contributed by atoms with Crippen LogP contribution in [-0.2, 0) is 6.61 Å². The van der Waals surface area contributed by atoms with Crippen molar-refractivity contribution in [2.75, 3.05) is 0 Å². The average Bonchev–Trinajstić information content (AvgIpc) is 3.27. The molecular formula is C22H15BrN2OS. The number of hydrogen-bond donors (Lipinski definition) is 0. The van der Waals surface area contributed by atoms with Gasteiger partial charge >= 0.3 is 0 Å². The number of rotatable bonds is 4. The molecule has 0 N–H and O–H groups in total. The van der Waals surface area contributed by atoms with Crippen molar-refractivity contribution < 1.29 is 4.74 Å². The van der Waals surface area contributed by atoms with Gasteiger partial charge in [0.05, 0.1) is 16.7 Å². The first-order valence-corrected chi connectivity index (χ1v) is 10.3. The van der Waals surface area contributed by atoms with E-state index in [-0.39, 0.29) is 0 Å². The molecule has 0 saturated heterocycles. The maximum Gasteiger partial charge on any atom is 0.195 e. The van der Waals surface area contributed by atoms with Gasteiger partial charge in [-0.25, -0.2) is 4.98 Å². The molecule has 0 saturated carbocycles. The molecule has 0 fully saturated rings. The topological polar surface area (TPSA) is 26.5 Å². The van der Waals surface area contributed by atoms with E-state index in [2.05, 4.69) is 68.2 Å². The van der Waals surface area contributed by atoms with Gasteiger partial charge in [-0.05, 0) is 59.7 Å². The largest absolute Gasteiger partial charge is 0.489 e. The number of thiazole rings is 1. The third kappa shape index (κ3) is 3.13. The molecule has 0 amide bonds. The number of hydrogen-bond acceptors (Lipinski definition) is 3. The molecule has 27 heavy (non-hydrogen) atoms. The Morgan fingerprint density at radius 3 is 2.52 bits per heavy atom. The summed E-state index contributed by atoms with van der Waals surface area (Å²) in [6, 6.07) is 24.7. The predicted molar refractivity (Wildman–Crippen MR) is 114 cm³/mol. The van der Waals surface area contributed by atoms with Crippen molar-refractivity contribution in [1.82, 2.24) is 9.38 Å². The van der Waals surface area contributed by atoms with Crippen molar-refractivity contribution in [3.8, 4) is 17.0 Å². The summed E-state index contributed by atoms with van der Waals surface area (Å²) in [5, 5.41) is 2.16. The number of fused-ring (bicyclic) bond motifs is 3. The Bertz CT molecular complexity index is 1220. The molecule has 3 aromatic carbocycles. The minimum Gasteiger partial charge on any atom is -0.489 e. The van der Waals surface area contributed by atoms with Crippen LogP contribution >= 0.6 is 27.3 Å². The highest BCUT2D eigenvalue weighted by atomic mass is 79.9. The van der Waals surface area contributed by atoms with E-state index in [1.165, 1.54) is 0 Å². The zero-order valence-corrected chi connectivity index (χ0v) is 16.7. The summed E-state index contributed by atoms with van der Waals surface area (Å²) in [7, 11) is 0. The van der Waals surface area contributed by atoms with E-state index in [9.17, 15) is 0 Å². The Morgan fingerprint density at radius 1 is 0.926 bits per heavy atom. The third-order valence-electron chi connectivity index (χ3n) is 4.52. The molecule has 2 heterocycles. The maximum atomic E-state index is 5.92. The van der Waals surface area contributed by atoms with E-state index < -0.39 is 0 Å². The molecule has 0 bridgehead atoms. The first kappa shape index (κ1) is 16.5. The highest BCUT2D eigenvalue weighted by molar-refractivity contribution is 9.10. The summed E-state index contributed by atoms with van der Waals surface area (Å²) in [4.78, 5) is 5.72. The Balaban J connectivity index is 1.42. The van der Waals surface area contributed by atoms with Gasteiger partial charge < -0.3 is 4.74 Å². The van der Waals surface area contributed by atoms with Crippen molar-refractivity contribution in [3.63, 3.8) is 0 Å². The number of ether oxygens (including phenoxy) is 1. The molecule has 0 aliphatic heterocycles. The summed E-state index contributed by atoms with van der Waals surface area (Å²) in [6.07, 6.45) is 0. The fourth-order valence-electron chi connectivity index (χ4n) is 3.14. The predicted octanol–water partition coefficient (Wildman–Crippen LogP) is 6.56. The second-order valence-electron chi connectivity index (χ2n) is 6.28. The minimum absolute atomic E-state index is 0.557. The molecule has 0 aliphatic rings. The van der Waals surface area contributed by atoms with Crippen LogP contribution < -0.4 is 4.74 Å². The van der Waals surface area contributed by atoms with Gasteiger partial charge in [-0.2, -0.15) is 0 Å². The molecule has 132 valence electrons. The Hall–Kier alpha value is -2.63. The molecule has 0 atom stereocenters. The Labute approximate surface area is 169 Å². The van der Waals surface area contributed by atoms with Crippen LogP contribution in [0.4, 0.5) is 0 Å². The first-order valence-electron chi connectivity index (χ1n) is 8.60. The lowest BCUT2D eigenvalue weighted by Crippen LogP contribution is -1.95. The van der Waals surface area contributed by atoms with E-state index in [1.807, 2.05) is 30.3 Å². The van der Waals surface area contributed by atoms with Crippen LogP contribution in [0.15, 0.2) is 82.6 Å². The van der Waals surface area contributed by atoms with E-state index in [0.717, 1.165) is 43.0 Å². The zero-order valence-electron chi connectivity index (χ0n) is 14.3. The maximum absolute atomic E-state index is 5.92. The number of imidazole rings is 1. The SMILES string of the molecule is Brc1ccc(COc2ccc(-c3csc4nc5ccccc5n34)cc2)cc1. The average molecular weight is 435 g/mol. The summed E-state index contributed by atoms with van der Waals surface area (Å²) >= 11 is 5.12. The zero-order chi connectivity index (χ0) is 18.2. The fraction of sp³-hybridized carbons (Fsp3) is 0.0455. The van der Waals surface area contributed by atoms with Gasteiger partial charge in [0.1, 0.15) is 12.4 Å². The summed E-state index contributed by atoms with van der Waals surface area (Å²) < 4.78 is 9.21. The molecule has 0 unspecified atom stereocenters. The van der Waals surface area contributed by atoms with Gasteiger partial charge in [-0.1, -0.05) is 40.2 Å². The molecule has 2 aromatic heterocycles. The normalized spacial score (nSPS) is 11.3. The lowest BCUT2D eigenvalue weighted by Gasteiger charge is -2.08. The third-order valence-corrected chi connectivity index (χ3v) is 5.87. The van der Waals surface area contributed by atoms with Gasteiger partial charge in [-0.15, -0.1) is 11.3 Å². The van der Waals surface area contributed by atoms with Gasteiger partial charge in [0, 0.05) is 9.85 Å². The van der Waals surface area contributed by atoms with Crippen LogP contribution in [0.2, 0.25) is 0 Å². The molecule has 3 nitrogen and oxygen atoms in total.